The molecule has 1 heterocycles. The molecule has 6 rings (SSSR count). The van der Waals surface area contributed by atoms with Crippen LogP contribution in [0.1, 0.15) is 39.7 Å². The van der Waals surface area contributed by atoms with Gasteiger partial charge >= 0.3 is 0 Å². The largest absolute Gasteiger partial charge is 0.494 e. The highest BCUT2D eigenvalue weighted by Crippen LogP contribution is 2.40. The Balaban J connectivity index is 1.48. The fraction of sp³-hybridized carbons (Fsp3) is 0.0857. The van der Waals surface area contributed by atoms with Crippen LogP contribution < -0.4 is 4.74 Å². The molecule has 0 aliphatic carbocycles. The molecule has 0 unspecified atom stereocenters. The molecule has 39 heavy (non-hydrogen) atoms. The predicted molar refractivity (Wildman–Crippen MR) is 155 cm³/mol. The zero-order valence-electron chi connectivity index (χ0n) is 21.7. The summed E-state index contributed by atoms with van der Waals surface area (Å²) < 4.78 is 7.69. The second kappa shape index (κ2) is 10.4. The van der Waals surface area contributed by atoms with E-state index in [4.69, 9.17) is 4.74 Å². The third-order valence-electron chi connectivity index (χ3n) is 7.16. The van der Waals surface area contributed by atoms with Crippen LogP contribution in [0.2, 0.25) is 0 Å². The molecule has 0 aliphatic rings. The zero-order valence-corrected chi connectivity index (χ0v) is 21.7. The van der Waals surface area contributed by atoms with Gasteiger partial charge in [0.25, 0.3) is 0 Å². The smallest absolute Gasteiger partial charge is 0.212 e. The van der Waals surface area contributed by atoms with Crippen LogP contribution in [0.25, 0.3) is 10.8 Å². The minimum atomic E-state index is -0.714. The monoisotopic (exact) mass is 508 g/mol. The minimum absolute atomic E-state index is 0.118. The number of hydrogen-bond acceptors (Lipinski definition) is 3. The second-order valence-electron chi connectivity index (χ2n) is 9.46. The van der Waals surface area contributed by atoms with E-state index in [0.29, 0.717) is 17.9 Å². The molecule has 0 bridgehead atoms. The highest BCUT2D eigenvalue weighted by atomic mass is 16.5. The van der Waals surface area contributed by atoms with Gasteiger partial charge in [0.15, 0.2) is 0 Å². The molecule has 0 atom stereocenters. The first-order chi connectivity index (χ1) is 19.2. The number of aromatic nitrogens is 2. The number of fused-ring (bicyclic) bond motifs is 1. The van der Waals surface area contributed by atoms with Crippen molar-refractivity contribution in [2.75, 3.05) is 6.61 Å². The molecular weight excluding hydrogens is 480 g/mol. The summed E-state index contributed by atoms with van der Waals surface area (Å²) in [5, 5.41) is 2.01. The summed E-state index contributed by atoms with van der Waals surface area (Å²) in [6.45, 7) is 2.58. The van der Waals surface area contributed by atoms with Gasteiger partial charge in [0.05, 0.1) is 12.9 Å². The molecule has 1 aromatic heterocycles. The quantitative estimate of drug-likeness (QED) is 0.158. The predicted octanol–water partition coefficient (Wildman–Crippen LogP) is 7.51. The number of rotatable bonds is 8. The number of carbonyl (C=O) groups excluding carboxylic acids is 1. The van der Waals surface area contributed by atoms with Crippen molar-refractivity contribution in [1.29, 1.82) is 0 Å². The Kier molecular flexibility index (Phi) is 6.52. The topological polar surface area (TPSA) is 44.1 Å². The van der Waals surface area contributed by atoms with E-state index in [1.54, 1.807) is 6.33 Å². The van der Waals surface area contributed by atoms with Crippen molar-refractivity contribution >= 4 is 16.6 Å². The third kappa shape index (κ3) is 4.40. The Morgan fingerprint density at radius 3 is 1.82 bits per heavy atom. The number of benzene rings is 5. The second-order valence-corrected chi connectivity index (χ2v) is 9.46. The Hall–Kier alpha value is -4.96. The van der Waals surface area contributed by atoms with E-state index in [-0.39, 0.29) is 5.78 Å². The van der Waals surface area contributed by atoms with E-state index in [1.165, 1.54) is 0 Å². The summed E-state index contributed by atoms with van der Waals surface area (Å²) in [6.07, 6.45) is 3.65. The maximum Gasteiger partial charge on any atom is 0.212 e. The third-order valence-corrected chi connectivity index (χ3v) is 7.16. The van der Waals surface area contributed by atoms with Crippen LogP contribution in [0.3, 0.4) is 0 Å². The summed E-state index contributed by atoms with van der Waals surface area (Å²) in [6, 6.07) is 42.8. The van der Waals surface area contributed by atoms with Gasteiger partial charge in [0, 0.05) is 11.8 Å². The van der Waals surface area contributed by atoms with Crippen molar-refractivity contribution in [1.82, 2.24) is 9.55 Å². The van der Waals surface area contributed by atoms with Crippen molar-refractivity contribution in [3.05, 3.63) is 168 Å². The van der Waals surface area contributed by atoms with Crippen molar-refractivity contribution in [3.63, 3.8) is 0 Å². The minimum Gasteiger partial charge on any atom is -0.494 e. The lowest BCUT2D eigenvalue weighted by Gasteiger charge is -2.37. The molecule has 4 heteroatoms. The summed E-state index contributed by atoms with van der Waals surface area (Å²) in [5.74, 6) is 0.703. The van der Waals surface area contributed by atoms with Gasteiger partial charge in [-0.15, -0.1) is 0 Å². The Bertz CT molecular complexity index is 1630. The van der Waals surface area contributed by atoms with E-state index in [2.05, 4.69) is 45.9 Å². The molecule has 190 valence electrons. The standard InChI is InChI=1S/C35H28N2O2/c1-2-39-32-21-20-26-22-28(19-18-27(26)23-32)34(38)33-24-37(25-36-33)35(29-12-6-3-7-13-29,30-14-8-4-9-15-30)31-16-10-5-11-17-31/h3-25H,2H2,1H3. The van der Waals surface area contributed by atoms with Gasteiger partial charge in [-0.3, -0.25) is 4.79 Å². The maximum atomic E-state index is 13.7. The molecular formula is C35H28N2O2. The molecule has 0 radical (unpaired) electrons. The lowest BCUT2D eigenvalue weighted by Crippen LogP contribution is -2.37. The van der Waals surface area contributed by atoms with Gasteiger partial charge in [-0.1, -0.05) is 109 Å². The maximum absolute atomic E-state index is 13.7. The highest BCUT2D eigenvalue weighted by Gasteiger charge is 2.38. The SMILES string of the molecule is CCOc1ccc2cc(C(=O)c3cn(C(c4ccccc4)(c4ccccc4)c4ccccc4)cn3)ccc2c1. The van der Waals surface area contributed by atoms with Crippen LogP contribution in [0.4, 0.5) is 0 Å². The normalized spacial score (nSPS) is 11.4. The fourth-order valence-corrected chi connectivity index (χ4v) is 5.38. The summed E-state index contributed by atoms with van der Waals surface area (Å²) in [7, 11) is 0. The van der Waals surface area contributed by atoms with E-state index in [9.17, 15) is 4.79 Å². The van der Waals surface area contributed by atoms with Crippen LogP contribution in [0.15, 0.2) is 140 Å². The Labute approximate surface area is 228 Å². The average Bonchev–Trinajstić information content (AvgIpc) is 3.49. The van der Waals surface area contributed by atoms with E-state index in [0.717, 1.165) is 33.2 Å². The van der Waals surface area contributed by atoms with Gasteiger partial charge in [0.2, 0.25) is 5.78 Å². The van der Waals surface area contributed by atoms with E-state index >= 15 is 0 Å². The van der Waals surface area contributed by atoms with Crippen LogP contribution >= 0.6 is 0 Å². The Morgan fingerprint density at radius 1 is 0.718 bits per heavy atom. The summed E-state index contributed by atoms with van der Waals surface area (Å²) in [5.41, 5.74) is 3.52. The average molecular weight is 509 g/mol. The first kappa shape index (κ1) is 24.4. The molecule has 0 spiro atoms. The van der Waals surface area contributed by atoms with Crippen molar-refractivity contribution < 1.29 is 9.53 Å². The summed E-state index contributed by atoms with van der Waals surface area (Å²) in [4.78, 5) is 18.4. The molecule has 0 N–H and O–H groups in total. The van der Waals surface area contributed by atoms with Crippen LogP contribution in [-0.2, 0) is 5.54 Å². The van der Waals surface area contributed by atoms with Crippen molar-refractivity contribution in [2.24, 2.45) is 0 Å². The molecule has 0 saturated heterocycles. The van der Waals surface area contributed by atoms with Gasteiger partial charge in [0.1, 0.15) is 17.0 Å². The molecule has 6 aromatic rings. The van der Waals surface area contributed by atoms with Crippen LogP contribution in [0, 0.1) is 0 Å². The number of hydrogen-bond donors (Lipinski definition) is 0. The van der Waals surface area contributed by atoms with Gasteiger partial charge in [-0.25, -0.2) is 4.98 Å². The molecule has 0 aliphatic heterocycles. The molecule has 5 aromatic carbocycles. The Morgan fingerprint density at radius 2 is 1.26 bits per heavy atom. The van der Waals surface area contributed by atoms with Crippen molar-refractivity contribution in [3.8, 4) is 5.75 Å². The van der Waals surface area contributed by atoms with Gasteiger partial charge in [-0.05, 0) is 52.6 Å². The number of carbonyl (C=O) groups is 1. The van der Waals surface area contributed by atoms with Gasteiger partial charge in [-0.2, -0.15) is 0 Å². The fourth-order valence-electron chi connectivity index (χ4n) is 5.38. The lowest BCUT2D eigenvalue weighted by atomic mass is 9.77. The molecule has 0 amide bonds. The number of imidazole rings is 1. The highest BCUT2D eigenvalue weighted by molar-refractivity contribution is 6.09. The van der Waals surface area contributed by atoms with E-state index in [1.807, 2.05) is 104 Å². The number of ketones is 1. The lowest BCUT2D eigenvalue weighted by molar-refractivity contribution is 0.103. The number of ether oxygens (including phenoxy) is 1. The first-order valence-corrected chi connectivity index (χ1v) is 13.1. The zero-order chi connectivity index (χ0) is 26.7. The van der Waals surface area contributed by atoms with E-state index < -0.39 is 5.54 Å². The van der Waals surface area contributed by atoms with Crippen molar-refractivity contribution in [2.45, 2.75) is 12.5 Å². The summed E-state index contributed by atoms with van der Waals surface area (Å²) >= 11 is 0. The first-order valence-electron chi connectivity index (χ1n) is 13.1. The van der Waals surface area contributed by atoms with Crippen LogP contribution in [-0.4, -0.2) is 21.9 Å². The molecule has 4 nitrogen and oxygen atoms in total. The molecule has 0 fully saturated rings. The molecule has 0 saturated carbocycles. The number of nitrogens with zero attached hydrogens (tertiary/aromatic N) is 2. The van der Waals surface area contributed by atoms with Crippen LogP contribution in [0.5, 0.6) is 5.75 Å². The van der Waals surface area contributed by atoms with Gasteiger partial charge < -0.3 is 9.30 Å².